The number of hydrogen-bond acceptors (Lipinski definition) is 3. The minimum Gasteiger partial charge on any atom is -0.375 e. The Bertz CT molecular complexity index is 246. The molecule has 1 saturated heterocycles. The third kappa shape index (κ3) is 3.96. The summed E-state index contributed by atoms with van der Waals surface area (Å²) in [4.78, 5) is 14.2. The first-order valence-electron chi connectivity index (χ1n) is 6.77. The van der Waals surface area contributed by atoms with Gasteiger partial charge < -0.3 is 15.4 Å². The van der Waals surface area contributed by atoms with Gasteiger partial charge in [0.1, 0.15) is 0 Å². The zero-order valence-corrected chi connectivity index (χ0v) is 11.3. The van der Waals surface area contributed by atoms with Gasteiger partial charge in [0.05, 0.1) is 24.8 Å². The number of carbonyl (C=O) groups is 1. The highest BCUT2D eigenvalue weighted by atomic mass is 16.5. The molecule has 4 nitrogen and oxygen atoms in total. The number of rotatable bonds is 5. The fraction of sp³-hybridized carbons (Fsp3) is 0.923. The molecule has 2 N–H and O–H groups in total. The SMILES string of the molecule is CCCC[C@H](N)C(=O)N1CC(C)OCC1CC. The quantitative estimate of drug-likeness (QED) is 0.795. The standard InChI is InChI=1S/C13H26N2O2/c1-4-6-7-12(14)13(16)15-8-10(3)17-9-11(15)5-2/h10-12H,4-9,14H2,1-3H3/t10?,11?,12-/m0/s1. The number of nitrogens with zero attached hydrogens (tertiary/aromatic N) is 1. The largest absolute Gasteiger partial charge is 0.375 e. The van der Waals surface area contributed by atoms with Gasteiger partial charge in [0.15, 0.2) is 0 Å². The molecule has 0 saturated carbocycles. The Morgan fingerprint density at radius 2 is 2.24 bits per heavy atom. The van der Waals surface area contributed by atoms with E-state index in [1.54, 1.807) is 0 Å². The number of nitrogens with two attached hydrogens (primary N) is 1. The van der Waals surface area contributed by atoms with E-state index >= 15 is 0 Å². The molecule has 0 aliphatic carbocycles. The lowest BCUT2D eigenvalue weighted by Crippen LogP contribution is -2.55. The molecule has 1 fully saturated rings. The fourth-order valence-corrected chi connectivity index (χ4v) is 2.21. The van der Waals surface area contributed by atoms with Crippen molar-refractivity contribution in [3.63, 3.8) is 0 Å². The van der Waals surface area contributed by atoms with Crippen LogP contribution in [-0.2, 0) is 9.53 Å². The highest BCUT2D eigenvalue weighted by Crippen LogP contribution is 2.16. The lowest BCUT2D eigenvalue weighted by molar-refractivity contribution is -0.145. The molecule has 0 aromatic heterocycles. The van der Waals surface area contributed by atoms with Crippen molar-refractivity contribution in [3.8, 4) is 0 Å². The smallest absolute Gasteiger partial charge is 0.239 e. The van der Waals surface area contributed by atoms with Crippen LogP contribution in [0, 0.1) is 0 Å². The molecule has 4 heteroatoms. The molecule has 2 unspecified atom stereocenters. The van der Waals surface area contributed by atoms with Crippen LogP contribution in [0.5, 0.6) is 0 Å². The molecule has 0 spiro atoms. The Hall–Kier alpha value is -0.610. The molecule has 1 aliphatic heterocycles. The molecule has 1 heterocycles. The van der Waals surface area contributed by atoms with Crippen molar-refractivity contribution in [1.82, 2.24) is 4.90 Å². The van der Waals surface area contributed by atoms with Crippen LogP contribution in [0.3, 0.4) is 0 Å². The van der Waals surface area contributed by atoms with Gasteiger partial charge in [0.2, 0.25) is 5.91 Å². The fourth-order valence-electron chi connectivity index (χ4n) is 2.21. The summed E-state index contributed by atoms with van der Waals surface area (Å²) >= 11 is 0. The first kappa shape index (κ1) is 14.5. The van der Waals surface area contributed by atoms with Gasteiger partial charge in [-0.25, -0.2) is 0 Å². The van der Waals surface area contributed by atoms with Crippen LogP contribution in [0.4, 0.5) is 0 Å². The van der Waals surface area contributed by atoms with Crippen LogP contribution in [-0.4, -0.2) is 42.1 Å². The highest BCUT2D eigenvalue weighted by Gasteiger charge is 2.31. The molecular weight excluding hydrogens is 216 g/mol. The van der Waals surface area contributed by atoms with Gasteiger partial charge in [-0.2, -0.15) is 0 Å². The summed E-state index contributed by atoms with van der Waals surface area (Å²) < 4.78 is 5.59. The predicted octanol–water partition coefficient (Wildman–Crippen LogP) is 1.53. The van der Waals surface area contributed by atoms with Gasteiger partial charge in [-0.3, -0.25) is 4.79 Å². The van der Waals surface area contributed by atoms with Crippen molar-refractivity contribution < 1.29 is 9.53 Å². The van der Waals surface area contributed by atoms with Crippen molar-refractivity contribution >= 4 is 5.91 Å². The molecule has 0 radical (unpaired) electrons. The first-order chi connectivity index (χ1) is 8.10. The second-order valence-electron chi connectivity index (χ2n) is 4.95. The number of carbonyl (C=O) groups excluding carboxylic acids is 1. The summed E-state index contributed by atoms with van der Waals surface area (Å²) in [6.07, 6.45) is 3.94. The molecule has 17 heavy (non-hydrogen) atoms. The van der Waals surface area contributed by atoms with E-state index in [9.17, 15) is 4.79 Å². The minimum absolute atomic E-state index is 0.0976. The van der Waals surface area contributed by atoms with Crippen LogP contribution in [0.15, 0.2) is 0 Å². The lowest BCUT2D eigenvalue weighted by atomic mass is 10.1. The number of unbranched alkanes of at least 4 members (excludes halogenated alkanes) is 1. The summed E-state index contributed by atoms with van der Waals surface area (Å²) in [6, 6.07) is -0.138. The minimum atomic E-state index is -0.339. The molecule has 0 bridgehead atoms. The lowest BCUT2D eigenvalue weighted by Gasteiger charge is -2.39. The molecule has 0 aromatic carbocycles. The normalized spacial score (nSPS) is 26.9. The van der Waals surface area contributed by atoms with Crippen molar-refractivity contribution in [2.45, 2.75) is 64.6 Å². The maximum absolute atomic E-state index is 12.3. The summed E-state index contributed by atoms with van der Waals surface area (Å²) in [7, 11) is 0. The summed E-state index contributed by atoms with van der Waals surface area (Å²) in [5.41, 5.74) is 5.96. The van der Waals surface area contributed by atoms with Crippen molar-refractivity contribution in [3.05, 3.63) is 0 Å². The molecule has 3 atom stereocenters. The Morgan fingerprint density at radius 1 is 1.53 bits per heavy atom. The Morgan fingerprint density at radius 3 is 2.82 bits per heavy atom. The maximum Gasteiger partial charge on any atom is 0.239 e. The molecule has 100 valence electrons. The number of ether oxygens (including phenoxy) is 1. The van der Waals surface area contributed by atoms with E-state index < -0.39 is 0 Å². The van der Waals surface area contributed by atoms with Gasteiger partial charge in [-0.1, -0.05) is 26.7 Å². The van der Waals surface area contributed by atoms with Crippen LogP contribution in [0.1, 0.15) is 46.5 Å². The van der Waals surface area contributed by atoms with Gasteiger partial charge in [0, 0.05) is 6.54 Å². The number of morpholine rings is 1. The van der Waals surface area contributed by atoms with Crippen molar-refractivity contribution in [2.24, 2.45) is 5.73 Å². The van der Waals surface area contributed by atoms with Crippen LogP contribution < -0.4 is 5.73 Å². The third-order valence-electron chi connectivity index (χ3n) is 3.41. The third-order valence-corrected chi connectivity index (χ3v) is 3.41. The Labute approximate surface area is 104 Å². The topological polar surface area (TPSA) is 55.6 Å². The van der Waals surface area contributed by atoms with Gasteiger partial charge in [-0.15, -0.1) is 0 Å². The van der Waals surface area contributed by atoms with E-state index in [0.29, 0.717) is 13.2 Å². The number of amides is 1. The van der Waals surface area contributed by atoms with E-state index in [-0.39, 0.29) is 24.1 Å². The molecule has 1 rings (SSSR count). The summed E-state index contributed by atoms with van der Waals surface area (Å²) in [5.74, 6) is 0.0976. The molecule has 1 aliphatic rings. The highest BCUT2D eigenvalue weighted by molar-refractivity contribution is 5.82. The number of hydrogen-bond donors (Lipinski definition) is 1. The van der Waals surface area contributed by atoms with E-state index in [2.05, 4.69) is 13.8 Å². The Kier molecular flexibility index (Phi) is 5.92. The second kappa shape index (κ2) is 6.97. The van der Waals surface area contributed by atoms with Gasteiger partial charge in [0.25, 0.3) is 0 Å². The van der Waals surface area contributed by atoms with Crippen molar-refractivity contribution in [1.29, 1.82) is 0 Å². The monoisotopic (exact) mass is 242 g/mol. The summed E-state index contributed by atoms with van der Waals surface area (Å²) in [5, 5.41) is 0. The van der Waals surface area contributed by atoms with E-state index in [1.807, 2.05) is 11.8 Å². The van der Waals surface area contributed by atoms with Gasteiger partial charge >= 0.3 is 0 Å². The van der Waals surface area contributed by atoms with Crippen LogP contribution in [0.25, 0.3) is 0 Å². The van der Waals surface area contributed by atoms with E-state index in [1.165, 1.54) is 0 Å². The molecular formula is C13H26N2O2. The van der Waals surface area contributed by atoms with Crippen LogP contribution in [0.2, 0.25) is 0 Å². The average Bonchev–Trinajstić information content (AvgIpc) is 2.34. The zero-order valence-electron chi connectivity index (χ0n) is 11.3. The molecule has 0 aromatic rings. The maximum atomic E-state index is 12.3. The second-order valence-corrected chi connectivity index (χ2v) is 4.95. The molecule has 1 amide bonds. The first-order valence-corrected chi connectivity index (χ1v) is 6.77. The summed E-state index contributed by atoms with van der Waals surface area (Å²) in [6.45, 7) is 7.52. The van der Waals surface area contributed by atoms with Gasteiger partial charge in [-0.05, 0) is 19.8 Å². The van der Waals surface area contributed by atoms with E-state index in [0.717, 1.165) is 25.7 Å². The average molecular weight is 242 g/mol. The zero-order chi connectivity index (χ0) is 12.8. The van der Waals surface area contributed by atoms with Crippen molar-refractivity contribution in [2.75, 3.05) is 13.2 Å². The Balaban J connectivity index is 2.57. The van der Waals surface area contributed by atoms with E-state index in [4.69, 9.17) is 10.5 Å². The van der Waals surface area contributed by atoms with Crippen LogP contribution >= 0.6 is 0 Å². The predicted molar refractivity (Wildman–Crippen MR) is 68.7 cm³/mol.